The van der Waals surface area contributed by atoms with Gasteiger partial charge in [0.15, 0.2) is 0 Å². The molecule has 2 atom stereocenters. The molecule has 0 radical (unpaired) electrons. The third-order valence-corrected chi connectivity index (χ3v) is 7.09. The summed E-state index contributed by atoms with van der Waals surface area (Å²) in [4.78, 5) is 17.6. The summed E-state index contributed by atoms with van der Waals surface area (Å²) in [6, 6.07) is 13.5. The van der Waals surface area contributed by atoms with Gasteiger partial charge in [-0.25, -0.2) is 18.1 Å². The molecule has 0 bridgehead atoms. The largest absolute Gasteiger partial charge is 0.377 e. The number of sulfonamides is 1. The number of carbonyl (C=O) groups is 1. The Labute approximate surface area is 188 Å². The Morgan fingerprint density at radius 1 is 1.25 bits per heavy atom. The monoisotopic (exact) mass is 456 g/mol. The summed E-state index contributed by atoms with van der Waals surface area (Å²) in [6.45, 7) is 5.51. The molecule has 1 aromatic heterocycles. The summed E-state index contributed by atoms with van der Waals surface area (Å²) in [5.74, 6) is 0.396. The Morgan fingerprint density at radius 2 is 2.06 bits per heavy atom. The molecule has 2 unspecified atom stereocenters. The lowest BCUT2D eigenvalue weighted by molar-refractivity contribution is 0.0937. The van der Waals surface area contributed by atoms with E-state index in [0.29, 0.717) is 6.61 Å². The smallest absolute Gasteiger partial charge is 0.251 e. The van der Waals surface area contributed by atoms with E-state index in [1.807, 2.05) is 38.1 Å². The minimum atomic E-state index is -3.74. The molecule has 1 saturated heterocycles. The van der Waals surface area contributed by atoms with Gasteiger partial charge in [0.25, 0.3) is 5.91 Å². The molecular formula is C23H28N4O4S. The molecule has 1 aliphatic heterocycles. The number of ether oxygens (including phenoxy) is 1. The van der Waals surface area contributed by atoms with Gasteiger partial charge in [0.2, 0.25) is 10.0 Å². The molecule has 1 fully saturated rings. The summed E-state index contributed by atoms with van der Waals surface area (Å²) in [6.07, 6.45) is 1.67. The molecule has 0 spiro atoms. The molecule has 4 rings (SSSR count). The van der Waals surface area contributed by atoms with Gasteiger partial charge in [0.05, 0.1) is 28.1 Å². The van der Waals surface area contributed by atoms with Crippen molar-refractivity contribution in [2.45, 2.75) is 50.3 Å². The number of nitrogens with zero attached hydrogens (tertiary/aromatic N) is 2. The minimum absolute atomic E-state index is 0.0524. The number of fused-ring (bicyclic) bond motifs is 1. The number of nitrogens with one attached hydrogen (secondary N) is 2. The standard InChI is InChI=1S/C23H28N4O4S/c1-3-27-21-12-5-4-11-20(21)26-22(27)16(2)25-23(28)17-8-6-10-19(14-17)32(29,30)24-15-18-9-7-13-31-18/h4-6,8,10-12,14,16,18,24H,3,7,9,13,15H2,1-2H3,(H,25,28). The molecular weight excluding hydrogens is 428 g/mol. The number of aromatic nitrogens is 2. The highest BCUT2D eigenvalue weighted by Crippen LogP contribution is 2.21. The molecule has 170 valence electrons. The first kappa shape index (κ1) is 22.4. The summed E-state index contributed by atoms with van der Waals surface area (Å²) >= 11 is 0. The van der Waals surface area contributed by atoms with Crippen molar-refractivity contribution in [3.63, 3.8) is 0 Å². The Morgan fingerprint density at radius 3 is 2.81 bits per heavy atom. The van der Waals surface area contributed by atoms with Gasteiger partial charge < -0.3 is 14.6 Å². The van der Waals surface area contributed by atoms with Gasteiger partial charge in [-0.1, -0.05) is 18.2 Å². The van der Waals surface area contributed by atoms with Gasteiger partial charge in [-0.2, -0.15) is 0 Å². The number of carbonyl (C=O) groups excluding carboxylic acids is 1. The average Bonchev–Trinajstić information content (AvgIpc) is 3.45. The van der Waals surface area contributed by atoms with E-state index in [1.165, 1.54) is 12.1 Å². The fraction of sp³-hybridized carbons (Fsp3) is 0.391. The van der Waals surface area contributed by atoms with Gasteiger partial charge in [-0.05, 0) is 57.0 Å². The fourth-order valence-electron chi connectivity index (χ4n) is 4.00. The predicted molar refractivity (Wildman–Crippen MR) is 122 cm³/mol. The highest BCUT2D eigenvalue weighted by molar-refractivity contribution is 7.89. The molecule has 3 aromatic rings. The van der Waals surface area contributed by atoms with Crippen molar-refractivity contribution < 1.29 is 17.9 Å². The van der Waals surface area contributed by atoms with Crippen LogP contribution in [0.15, 0.2) is 53.4 Å². The first-order valence-corrected chi connectivity index (χ1v) is 12.3. The van der Waals surface area contributed by atoms with Gasteiger partial charge in [0, 0.05) is 25.3 Å². The van der Waals surface area contributed by atoms with E-state index in [4.69, 9.17) is 4.74 Å². The van der Waals surface area contributed by atoms with Gasteiger partial charge >= 0.3 is 0 Å². The number of rotatable bonds is 8. The molecule has 0 aliphatic carbocycles. The van der Waals surface area contributed by atoms with Crippen molar-refractivity contribution in [2.24, 2.45) is 0 Å². The lowest BCUT2D eigenvalue weighted by Crippen LogP contribution is -2.32. The van der Waals surface area contributed by atoms with E-state index in [9.17, 15) is 13.2 Å². The van der Waals surface area contributed by atoms with Crippen molar-refractivity contribution in [2.75, 3.05) is 13.2 Å². The molecule has 1 aliphatic rings. The first-order valence-electron chi connectivity index (χ1n) is 10.9. The third kappa shape index (κ3) is 4.69. The Bertz CT molecular complexity index is 1220. The summed E-state index contributed by atoms with van der Waals surface area (Å²) in [5.41, 5.74) is 2.16. The van der Waals surface area contributed by atoms with Gasteiger partial charge in [-0.3, -0.25) is 4.79 Å². The first-order chi connectivity index (χ1) is 15.4. The Balaban J connectivity index is 1.49. The van der Waals surface area contributed by atoms with Crippen LogP contribution in [0, 0.1) is 0 Å². The van der Waals surface area contributed by atoms with Crippen molar-refractivity contribution in [3.8, 4) is 0 Å². The zero-order valence-corrected chi connectivity index (χ0v) is 19.1. The molecule has 2 aromatic carbocycles. The van der Waals surface area contributed by atoms with Crippen LogP contribution in [0.1, 0.15) is 48.9 Å². The van der Waals surface area contributed by atoms with E-state index >= 15 is 0 Å². The topological polar surface area (TPSA) is 102 Å². The van der Waals surface area contributed by atoms with E-state index in [-0.39, 0.29) is 35.1 Å². The lowest BCUT2D eigenvalue weighted by Gasteiger charge is -2.16. The summed E-state index contributed by atoms with van der Waals surface area (Å²) < 4.78 is 35.5. The summed E-state index contributed by atoms with van der Waals surface area (Å²) in [5, 5.41) is 2.95. The second-order valence-corrected chi connectivity index (χ2v) is 9.68. The molecule has 8 nitrogen and oxygen atoms in total. The highest BCUT2D eigenvalue weighted by atomic mass is 32.2. The van der Waals surface area contributed by atoms with Crippen LogP contribution < -0.4 is 10.0 Å². The van der Waals surface area contributed by atoms with E-state index in [1.54, 1.807) is 12.1 Å². The average molecular weight is 457 g/mol. The number of benzene rings is 2. The molecule has 32 heavy (non-hydrogen) atoms. The number of hydrogen-bond donors (Lipinski definition) is 2. The van der Waals surface area contributed by atoms with Gasteiger partial charge in [0.1, 0.15) is 5.82 Å². The zero-order valence-electron chi connectivity index (χ0n) is 18.2. The van der Waals surface area contributed by atoms with Crippen molar-refractivity contribution in [1.29, 1.82) is 0 Å². The van der Waals surface area contributed by atoms with E-state index in [2.05, 4.69) is 19.6 Å². The molecule has 1 amide bonds. The van der Waals surface area contributed by atoms with E-state index < -0.39 is 10.0 Å². The quantitative estimate of drug-likeness (QED) is 0.543. The number of amides is 1. The second kappa shape index (κ2) is 9.40. The van der Waals surface area contributed by atoms with Crippen LogP contribution in [-0.4, -0.2) is 43.1 Å². The molecule has 2 heterocycles. The molecule has 9 heteroatoms. The Hall–Kier alpha value is -2.75. The number of aryl methyl sites for hydroxylation is 1. The van der Waals surface area contributed by atoms with Crippen molar-refractivity contribution >= 4 is 27.0 Å². The number of imidazole rings is 1. The predicted octanol–water partition coefficient (Wildman–Crippen LogP) is 3.00. The highest BCUT2D eigenvalue weighted by Gasteiger charge is 2.22. The lowest BCUT2D eigenvalue weighted by atomic mass is 10.2. The van der Waals surface area contributed by atoms with Crippen LogP contribution in [0.2, 0.25) is 0 Å². The van der Waals surface area contributed by atoms with Crippen LogP contribution in [0.3, 0.4) is 0 Å². The number of hydrogen-bond acceptors (Lipinski definition) is 5. The van der Waals surface area contributed by atoms with Crippen molar-refractivity contribution in [3.05, 3.63) is 59.9 Å². The second-order valence-electron chi connectivity index (χ2n) is 7.91. The maximum atomic E-state index is 12.9. The maximum absolute atomic E-state index is 12.9. The summed E-state index contributed by atoms with van der Waals surface area (Å²) in [7, 11) is -3.74. The SMILES string of the molecule is CCn1c(C(C)NC(=O)c2cccc(S(=O)(=O)NCC3CCCO3)c2)nc2ccccc21. The maximum Gasteiger partial charge on any atom is 0.251 e. The zero-order chi connectivity index (χ0) is 22.7. The van der Waals surface area contributed by atoms with Crippen LogP contribution in [0.4, 0.5) is 0 Å². The number of para-hydroxylation sites is 2. The van der Waals surface area contributed by atoms with Crippen LogP contribution in [0.25, 0.3) is 11.0 Å². The van der Waals surface area contributed by atoms with Crippen LogP contribution >= 0.6 is 0 Å². The Kier molecular flexibility index (Phi) is 6.59. The molecule has 0 saturated carbocycles. The van der Waals surface area contributed by atoms with Crippen LogP contribution in [0.5, 0.6) is 0 Å². The minimum Gasteiger partial charge on any atom is -0.377 e. The normalized spacial score (nSPS) is 17.5. The fourth-order valence-corrected chi connectivity index (χ4v) is 5.11. The molecule has 2 N–H and O–H groups in total. The van der Waals surface area contributed by atoms with Crippen LogP contribution in [-0.2, 0) is 21.3 Å². The van der Waals surface area contributed by atoms with Gasteiger partial charge in [-0.15, -0.1) is 0 Å². The van der Waals surface area contributed by atoms with E-state index in [0.717, 1.165) is 36.2 Å². The van der Waals surface area contributed by atoms with Crippen molar-refractivity contribution in [1.82, 2.24) is 19.6 Å². The third-order valence-electron chi connectivity index (χ3n) is 5.67.